The lowest BCUT2D eigenvalue weighted by molar-refractivity contribution is 0.353. The van der Waals surface area contributed by atoms with Crippen LogP contribution in [0.4, 0.5) is 17.5 Å². The number of aromatic nitrogens is 2. The molecular weight excluding hydrogens is 340 g/mol. The molecule has 2 aromatic carbocycles. The van der Waals surface area contributed by atoms with Crippen molar-refractivity contribution < 1.29 is 9.47 Å². The van der Waals surface area contributed by atoms with Crippen LogP contribution < -0.4 is 19.7 Å². The third kappa shape index (κ3) is 3.65. The molecular formula is C21H22N4O2. The summed E-state index contributed by atoms with van der Waals surface area (Å²) in [5.74, 6) is 3.04. The van der Waals surface area contributed by atoms with Crippen molar-refractivity contribution in [2.24, 2.45) is 0 Å². The highest BCUT2D eigenvalue weighted by Gasteiger charge is 2.20. The minimum atomic E-state index is 0.594. The van der Waals surface area contributed by atoms with Gasteiger partial charge >= 0.3 is 0 Å². The molecule has 1 N–H and O–H groups in total. The number of ether oxygens (including phenoxy) is 2. The predicted molar refractivity (Wildman–Crippen MR) is 106 cm³/mol. The Morgan fingerprint density at radius 1 is 0.963 bits per heavy atom. The van der Waals surface area contributed by atoms with Crippen LogP contribution in [0.3, 0.4) is 0 Å². The Morgan fingerprint density at radius 2 is 1.70 bits per heavy atom. The second-order valence-corrected chi connectivity index (χ2v) is 6.38. The molecule has 0 amide bonds. The largest absolute Gasteiger partial charge is 0.493 e. The van der Waals surface area contributed by atoms with Crippen LogP contribution in [-0.4, -0.2) is 30.7 Å². The van der Waals surface area contributed by atoms with E-state index in [1.165, 1.54) is 11.1 Å². The number of nitrogens with zero attached hydrogens (tertiary/aromatic N) is 3. The van der Waals surface area contributed by atoms with Crippen LogP contribution >= 0.6 is 0 Å². The summed E-state index contributed by atoms with van der Waals surface area (Å²) in [6.45, 7) is 1.67. The molecule has 0 aliphatic carbocycles. The molecule has 0 saturated carbocycles. The predicted octanol–water partition coefficient (Wildman–Crippen LogP) is 3.80. The van der Waals surface area contributed by atoms with Crippen LogP contribution in [-0.2, 0) is 13.0 Å². The molecule has 27 heavy (non-hydrogen) atoms. The van der Waals surface area contributed by atoms with Crippen LogP contribution in [0.25, 0.3) is 0 Å². The van der Waals surface area contributed by atoms with Crippen molar-refractivity contribution in [1.29, 1.82) is 0 Å². The van der Waals surface area contributed by atoms with E-state index in [4.69, 9.17) is 9.47 Å². The highest BCUT2D eigenvalue weighted by molar-refractivity contribution is 5.56. The summed E-state index contributed by atoms with van der Waals surface area (Å²) >= 11 is 0. The number of methoxy groups -OCH3 is 2. The summed E-state index contributed by atoms with van der Waals surface area (Å²) in [4.78, 5) is 11.3. The number of hydrogen-bond donors (Lipinski definition) is 1. The molecule has 1 aromatic heterocycles. The molecule has 0 unspecified atom stereocenters. The molecule has 4 rings (SSSR count). The van der Waals surface area contributed by atoms with Crippen molar-refractivity contribution in [3.05, 3.63) is 65.9 Å². The monoisotopic (exact) mass is 362 g/mol. The van der Waals surface area contributed by atoms with Crippen molar-refractivity contribution in [3.63, 3.8) is 0 Å². The molecule has 6 nitrogen and oxygen atoms in total. The van der Waals surface area contributed by atoms with Gasteiger partial charge in [-0.2, -0.15) is 4.98 Å². The molecule has 6 heteroatoms. The minimum absolute atomic E-state index is 0.594. The zero-order chi connectivity index (χ0) is 18.6. The van der Waals surface area contributed by atoms with Gasteiger partial charge in [0.15, 0.2) is 11.5 Å². The lowest BCUT2D eigenvalue weighted by Gasteiger charge is -2.30. The number of benzene rings is 2. The van der Waals surface area contributed by atoms with Gasteiger partial charge in [0.25, 0.3) is 0 Å². The Hall–Kier alpha value is -3.28. The first-order valence-electron chi connectivity index (χ1n) is 8.90. The van der Waals surface area contributed by atoms with E-state index in [-0.39, 0.29) is 0 Å². The number of anilines is 3. The molecule has 1 aliphatic heterocycles. The van der Waals surface area contributed by atoms with E-state index in [1.807, 2.05) is 36.4 Å². The van der Waals surface area contributed by atoms with Crippen LogP contribution in [0.15, 0.2) is 54.7 Å². The van der Waals surface area contributed by atoms with Crippen LogP contribution in [0.5, 0.6) is 11.5 Å². The second kappa shape index (κ2) is 7.53. The Kier molecular flexibility index (Phi) is 4.78. The van der Waals surface area contributed by atoms with Gasteiger partial charge in [-0.1, -0.05) is 18.2 Å². The van der Waals surface area contributed by atoms with Gasteiger partial charge in [-0.05, 0) is 47.9 Å². The van der Waals surface area contributed by atoms with E-state index in [0.29, 0.717) is 5.95 Å². The van der Waals surface area contributed by atoms with E-state index >= 15 is 0 Å². The third-order valence-electron chi connectivity index (χ3n) is 4.71. The van der Waals surface area contributed by atoms with Gasteiger partial charge in [0.2, 0.25) is 5.95 Å². The molecule has 0 fully saturated rings. The summed E-state index contributed by atoms with van der Waals surface area (Å²) < 4.78 is 10.9. The maximum atomic E-state index is 5.45. The zero-order valence-corrected chi connectivity index (χ0v) is 15.5. The van der Waals surface area contributed by atoms with Crippen molar-refractivity contribution in [3.8, 4) is 11.5 Å². The van der Waals surface area contributed by atoms with E-state index in [0.717, 1.165) is 42.5 Å². The van der Waals surface area contributed by atoms with Gasteiger partial charge in [-0.25, -0.2) is 4.98 Å². The summed E-state index contributed by atoms with van der Waals surface area (Å²) in [7, 11) is 3.33. The first kappa shape index (κ1) is 17.1. The summed E-state index contributed by atoms with van der Waals surface area (Å²) in [5, 5.41) is 3.25. The summed E-state index contributed by atoms with van der Waals surface area (Å²) in [6.07, 6.45) is 2.72. The molecule has 2 heterocycles. The first-order valence-corrected chi connectivity index (χ1v) is 8.90. The van der Waals surface area contributed by atoms with Gasteiger partial charge < -0.3 is 19.7 Å². The smallest absolute Gasteiger partial charge is 0.229 e. The lowest BCUT2D eigenvalue weighted by atomic mass is 9.99. The normalized spacial score (nSPS) is 13.0. The van der Waals surface area contributed by atoms with Crippen LogP contribution in [0.2, 0.25) is 0 Å². The number of hydrogen-bond acceptors (Lipinski definition) is 6. The first-order chi connectivity index (χ1) is 13.3. The summed E-state index contributed by atoms with van der Waals surface area (Å²) in [6, 6.07) is 16.0. The quantitative estimate of drug-likeness (QED) is 0.745. The van der Waals surface area contributed by atoms with E-state index in [9.17, 15) is 0 Å². The average Bonchev–Trinajstić information content (AvgIpc) is 2.73. The second-order valence-electron chi connectivity index (χ2n) is 6.38. The Morgan fingerprint density at radius 3 is 2.44 bits per heavy atom. The molecule has 3 aromatic rings. The van der Waals surface area contributed by atoms with Gasteiger partial charge in [0.05, 0.1) is 14.2 Å². The van der Waals surface area contributed by atoms with Crippen molar-refractivity contribution >= 4 is 17.5 Å². The highest BCUT2D eigenvalue weighted by atomic mass is 16.5. The fraction of sp³-hybridized carbons (Fsp3) is 0.238. The maximum absolute atomic E-state index is 5.45. The zero-order valence-electron chi connectivity index (χ0n) is 15.5. The molecule has 1 aliphatic rings. The van der Waals surface area contributed by atoms with Crippen molar-refractivity contribution in [2.75, 3.05) is 31.0 Å². The van der Waals surface area contributed by atoms with Gasteiger partial charge in [-0.15, -0.1) is 0 Å². The molecule has 0 spiro atoms. The maximum Gasteiger partial charge on any atom is 0.229 e. The lowest BCUT2D eigenvalue weighted by Crippen LogP contribution is -2.31. The number of para-hydroxylation sites is 1. The van der Waals surface area contributed by atoms with E-state index < -0.39 is 0 Å². The topological polar surface area (TPSA) is 59.5 Å². The standard InChI is InChI=1S/C21H22N4O2/c1-26-18-12-15-9-11-25(14-16(15)13-19(18)27-2)20-8-10-22-21(24-20)23-17-6-4-3-5-7-17/h3-8,10,12-13H,9,11,14H2,1-2H3,(H,22,23,24). The van der Waals surface area contributed by atoms with Gasteiger partial charge in [0, 0.05) is 25.0 Å². The van der Waals surface area contributed by atoms with E-state index in [2.05, 4.69) is 32.3 Å². The third-order valence-corrected chi connectivity index (χ3v) is 4.71. The fourth-order valence-electron chi connectivity index (χ4n) is 3.31. The Bertz CT molecular complexity index is 931. The minimum Gasteiger partial charge on any atom is -0.493 e. The Balaban J connectivity index is 1.56. The van der Waals surface area contributed by atoms with E-state index in [1.54, 1.807) is 20.4 Å². The fourth-order valence-corrected chi connectivity index (χ4v) is 3.31. The highest BCUT2D eigenvalue weighted by Crippen LogP contribution is 2.34. The van der Waals surface area contributed by atoms with Gasteiger partial charge in [-0.3, -0.25) is 0 Å². The molecule has 0 atom stereocenters. The molecule has 0 bridgehead atoms. The van der Waals surface area contributed by atoms with Gasteiger partial charge in [0.1, 0.15) is 5.82 Å². The van der Waals surface area contributed by atoms with Crippen LogP contribution in [0.1, 0.15) is 11.1 Å². The molecule has 0 radical (unpaired) electrons. The van der Waals surface area contributed by atoms with Crippen LogP contribution in [0, 0.1) is 0 Å². The molecule has 138 valence electrons. The van der Waals surface area contributed by atoms with Crippen molar-refractivity contribution in [1.82, 2.24) is 9.97 Å². The number of fused-ring (bicyclic) bond motifs is 1. The molecule has 0 saturated heterocycles. The average molecular weight is 362 g/mol. The Labute approximate surface area is 158 Å². The SMILES string of the molecule is COc1cc2c(cc1OC)CN(c1ccnc(Nc3ccccc3)n1)CC2. The summed E-state index contributed by atoms with van der Waals surface area (Å²) in [5.41, 5.74) is 3.49. The number of nitrogens with one attached hydrogen (secondary N) is 1. The van der Waals surface area contributed by atoms with Crippen molar-refractivity contribution in [2.45, 2.75) is 13.0 Å². The number of rotatable bonds is 5.